The molecule has 3 heterocycles. The summed E-state index contributed by atoms with van der Waals surface area (Å²) in [4.78, 5) is 33.9. The quantitative estimate of drug-likeness (QED) is 0.762. The van der Waals surface area contributed by atoms with Crippen molar-refractivity contribution in [2.45, 2.75) is 53.0 Å². The summed E-state index contributed by atoms with van der Waals surface area (Å²) in [6.45, 7) is 9.30. The molecule has 0 spiro atoms. The number of benzene rings is 1. The normalized spacial score (nSPS) is 20.2. The van der Waals surface area contributed by atoms with E-state index in [1.807, 2.05) is 29.3 Å². The van der Waals surface area contributed by atoms with Gasteiger partial charge in [-0.1, -0.05) is 13.0 Å². The third-order valence-corrected chi connectivity index (χ3v) is 6.78. The lowest BCUT2D eigenvalue weighted by Crippen LogP contribution is -2.43. The molecule has 0 radical (unpaired) electrons. The zero-order valence-electron chi connectivity index (χ0n) is 18.3. The van der Waals surface area contributed by atoms with E-state index in [0.717, 1.165) is 50.4 Å². The number of rotatable bonds is 5. The molecule has 6 heteroatoms. The van der Waals surface area contributed by atoms with Gasteiger partial charge in [0, 0.05) is 57.1 Å². The van der Waals surface area contributed by atoms with Crippen LogP contribution in [0.5, 0.6) is 0 Å². The molecule has 2 aliphatic heterocycles. The highest BCUT2D eigenvalue weighted by Crippen LogP contribution is 2.29. The van der Waals surface area contributed by atoms with Gasteiger partial charge in [-0.05, 0) is 55.9 Å². The smallest absolute Gasteiger partial charge is 0.228 e. The maximum Gasteiger partial charge on any atom is 0.228 e. The van der Waals surface area contributed by atoms with Gasteiger partial charge in [-0.3, -0.25) is 9.59 Å². The van der Waals surface area contributed by atoms with Gasteiger partial charge in [0.15, 0.2) is 0 Å². The van der Waals surface area contributed by atoms with Crippen LogP contribution in [0.25, 0.3) is 0 Å². The fourth-order valence-electron chi connectivity index (χ4n) is 4.71. The summed E-state index contributed by atoms with van der Waals surface area (Å²) in [5.41, 5.74) is 3.29. The van der Waals surface area contributed by atoms with Gasteiger partial charge in [-0.2, -0.15) is 0 Å². The van der Waals surface area contributed by atoms with Crippen molar-refractivity contribution in [1.29, 1.82) is 0 Å². The predicted octanol–water partition coefficient (Wildman–Crippen LogP) is 3.35. The largest absolute Gasteiger partial charge is 0.342 e. The fraction of sp³-hybridized carbons (Fsp3) is 0.542. The first-order valence-electron chi connectivity index (χ1n) is 11.1. The van der Waals surface area contributed by atoms with Crippen LogP contribution < -0.4 is 4.90 Å². The summed E-state index contributed by atoms with van der Waals surface area (Å²) in [5, 5.41) is 0. The van der Waals surface area contributed by atoms with Crippen LogP contribution in [0.4, 0.5) is 5.69 Å². The molecule has 2 aromatic rings. The van der Waals surface area contributed by atoms with Crippen LogP contribution in [0.1, 0.15) is 43.1 Å². The summed E-state index contributed by atoms with van der Waals surface area (Å²) in [5.74, 6) is 1.68. The molecule has 6 nitrogen and oxygen atoms in total. The van der Waals surface area contributed by atoms with E-state index >= 15 is 0 Å². The van der Waals surface area contributed by atoms with Crippen molar-refractivity contribution >= 4 is 17.5 Å². The van der Waals surface area contributed by atoms with Gasteiger partial charge in [0.2, 0.25) is 11.8 Å². The minimum Gasteiger partial charge on any atom is -0.342 e. The second-order valence-corrected chi connectivity index (χ2v) is 8.79. The number of hydrogen-bond acceptors (Lipinski definition) is 3. The predicted molar refractivity (Wildman–Crippen MR) is 117 cm³/mol. The van der Waals surface area contributed by atoms with Crippen molar-refractivity contribution in [2.24, 2.45) is 11.8 Å². The molecule has 2 fully saturated rings. The second-order valence-electron chi connectivity index (χ2n) is 8.79. The third kappa shape index (κ3) is 4.13. The number of amides is 2. The number of piperidine rings is 1. The Hall–Kier alpha value is -2.63. The lowest BCUT2D eigenvalue weighted by Gasteiger charge is -2.33. The minimum atomic E-state index is -0.226. The maximum atomic E-state index is 13.1. The highest BCUT2D eigenvalue weighted by Gasteiger charge is 2.38. The Labute approximate surface area is 178 Å². The Morgan fingerprint density at radius 1 is 1.17 bits per heavy atom. The van der Waals surface area contributed by atoms with Gasteiger partial charge >= 0.3 is 0 Å². The van der Waals surface area contributed by atoms with Crippen LogP contribution in [0.2, 0.25) is 0 Å². The molecule has 1 aromatic carbocycles. The zero-order chi connectivity index (χ0) is 21.3. The van der Waals surface area contributed by atoms with E-state index in [2.05, 4.69) is 36.5 Å². The van der Waals surface area contributed by atoms with Crippen LogP contribution in [0, 0.1) is 25.7 Å². The zero-order valence-corrected chi connectivity index (χ0v) is 18.3. The third-order valence-electron chi connectivity index (χ3n) is 6.78. The molecule has 4 rings (SSSR count). The molecule has 2 aliphatic rings. The van der Waals surface area contributed by atoms with Crippen molar-refractivity contribution in [3.05, 3.63) is 47.5 Å². The van der Waals surface area contributed by atoms with E-state index in [-0.39, 0.29) is 17.7 Å². The number of aryl methyl sites for hydroxylation is 3. The number of likely N-dealkylation sites (tertiary alicyclic amines) is 1. The maximum absolute atomic E-state index is 13.1. The van der Waals surface area contributed by atoms with Gasteiger partial charge in [0.25, 0.3) is 0 Å². The van der Waals surface area contributed by atoms with Gasteiger partial charge < -0.3 is 14.4 Å². The molecule has 1 aromatic heterocycles. The standard InChI is InChI=1S/C24H32N4O2/c1-4-22-25-9-12-27(22)15-19-7-10-26(11-8-19)24(30)20-14-23(29)28(16-20)21-6-5-17(2)18(3)13-21/h5-6,9,12-13,19-20H,4,7-8,10-11,14-16H2,1-3H3. The second kappa shape index (κ2) is 8.62. The Balaban J connectivity index is 1.33. The molecule has 0 bridgehead atoms. The van der Waals surface area contributed by atoms with Crippen molar-refractivity contribution in [3.63, 3.8) is 0 Å². The number of carbonyl (C=O) groups is 2. The summed E-state index contributed by atoms with van der Waals surface area (Å²) < 4.78 is 2.25. The molecular weight excluding hydrogens is 376 g/mol. The number of hydrogen-bond donors (Lipinski definition) is 0. The van der Waals surface area contributed by atoms with Crippen LogP contribution in [-0.2, 0) is 22.6 Å². The van der Waals surface area contributed by atoms with Crippen LogP contribution >= 0.6 is 0 Å². The van der Waals surface area contributed by atoms with E-state index in [0.29, 0.717) is 18.9 Å². The number of imidazole rings is 1. The summed E-state index contributed by atoms with van der Waals surface area (Å²) in [6.07, 6.45) is 7.21. The average Bonchev–Trinajstić information content (AvgIpc) is 3.36. The lowest BCUT2D eigenvalue weighted by molar-refractivity contribution is -0.137. The number of carbonyl (C=O) groups excluding carboxylic acids is 2. The van der Waals surface area contributed by atoms with Gasteiger partial charge in [0.1, 0.15) is 5.82 Å². The minimum absolute atomic E-state index is 0.0543. The molecule has 2 saturated heterocycles. The molecular formula is C24H32N4O2. The van der Waals surface area contributed by atoms with Gasteiger partial charge in [0.05, 0.1) is 5.92 Å². The van der Waals surface area contributed by atoms with Gasteiger partial charge in [-0.15, -0.1) is 0 Å². The van der Waals surface area contributed by atoms with E-state index < -0.39 is 0 Å². The van der Waals surface area contributed by atoms with E-state index in [1.165, 1.54) is 11.1 Å². The Morgan fingerprint density at radius 2 is 1.93 bits per heavy atom. The van der Waals surface area contributed by atoms with Crippen molar-refractivity contribution in [3.8, 4) is 0 Å². The van der Waals surface area contributed by atoms with Crippen LogP contribution in [-0.4, -0.2) is 45.9 Å². The molecule has 0 aliphatic carbocycles. The van der Waals surface area contributed by atoms with Gasteiger partial charge in [-0.25, -0.2) is 4.98 Å². The Kier molecular flexibility index (Phi) is 5.93. The van der Waals surface area contributed by atoms with E-state index in [1.54, 1.807) is 4.90 Å². The van der Waals surface area contributed by atoms with Crippen LogP contribution in [0.3, 0.4) is 0 Å². The first-order chi connectivity index (χ1) is 14.5. The summed E-state index contributed by atoms with van der Waals surface area (Å²) in [6, 6.07) is 6.08. The van der Waals surface area contributed by atoms with Crippen molar-refractivity contribution < 1.29 is 9.59 Å². The Bertz CT molecular complexity index is 927. The first-order valence-corrected chi connectivity index (χ1v) is 11.1. The van der Waals surface area contributed by atoms with E-state index in [4.69, 9.17) is 0 Å². The molecule has 30 heavy (non-hydrogen) atoms. The highest BCUT2D eigenvalue weighted by molar-refractivity contribution is 6.00. The SMILES string of the molecule is CCc1nccn1CC1CCN(C(=O)C2CC(=O)N(c3ccc(C)c(C)c3)C2)CC1. The molecule has 0 N–H and O–H groups in total. The molecule has 0 saturated carbocycles. The molecule has 160 valence electrons. The molecule has 2 amide bonds. The highest BCUT2D eigenvalue weighted by atomic mass is 16.2. The number of anilines is 1. The monoisotopic (exact) mass is 408 g/mol. The molecule has 1 unspecified atom stereocenters. The summed E-state index contributed by atoms with van der Waals surface area (Å²) in [7, 11) is 0. The van der Waals surface area contributed by atoms with Crippen molar-refractivity contribution in [2.75, 3.05) is 24.5 Å². The number of nitrogens with zero attached hydrogens (tertiary/aromatic N) is 4. The fourth-order valence-corrected chi connectivity index (χ4v) is 4.71. The number of aromatic nitrogens is 2. The lowest BCUT2D eigenvalue weighted by atomic mass is 9.95. The van der Waals surface area contributed by atoms with Crippen molar-refractivity contribution in [1.82, 2.24) is 14.5 Å². The first kappa shape index (κ1) is 20.6. The molecule has 1 atom stereocenters. The average molecular weight is 409 g/mol. The van der Waals surface area contributed by atoms with E-state index in [9.17, 15) is 9.59 Å². The summed E-state index contributed by atoms with van der Waals surface area (Å²) >= 11 is 0. The topological polar surface area (TPSA) is 58.4 Å². The Morgan fingerprint density at radius 3 is 2.63 bits per heavy atom. The van der Waals surface area contributed by atoms with Crippen LogP contribution in [0.15, 0.2) is 30.6 Å².